The van der Waals surface area contributed by atoms with Crippen molar-refractivity contribution in [3.8, 4) is 0 Å². The highest BCUT2D eigenvalue weighted by atomic mass is 16.5. The lowest BCUT2D eigenvalue weighted by molar-refractivity contribution is -0.123. The average molecular weight is 334 g/mol. The van der Waals surface area contributed by atoms with Crippen molar-refractivity contribution in [3.63, 3.8) is 0 Å². The molecule has 0 aromatic carbocycles. The smallest absolute Gasteiger partial charge is 0.378 e. The van der Waals surface area contributed by atoms with Gasteiger partial charge in [0, 0.05) is 17.9 Å². The molecule has 0 unspecified atom stereocenters. The molecule has 0 atom stereocenters. The number of esters is 1. The molecular formula is C14H18N6O4. The van der Waals surface area contributed by atoms with Crippen molar-refractivity contribution in [2.75, 3.05) is 13.2 Å². The van der Waals surface area contributed by atoms with Gasteiger partial charge in [-0.2, -0.15) is 4.98 Å². The zero-order valence-corrected chi connectivity index (χ0v) is 13.6. The normalized spacial score (nSPS) is 10.5. The second-order valence-corrected chi connectivity index (χ2v) is 5.07. The summed E-state index contributed by atoms with van der Waals surface area (Å²) in [7, 11) is 0. The largest absolute Gasteiger partial charge is 0.450 e. The van der Waals surface area contributed by atoms with Gasteiger partial charge in [0.1, 0.15) is 0 Å². The van der Waals surface area contributed by atoms with Gasteiger partial charge < -0.3 is 10.1 Å². The van der Waals surface area contributed by atoms with Crippen molar-refractivity contribution in [2.24, 2.45) is 0 Å². The summed E-state index contributed by atoms with van der Waals surface area (Å²) in [4.78, 5) is 42.8. The van der Waals surface area contributed by atoms with E-state index in [0.717, 1.165) is 17.8 Å². The van der Waals surface area contributed by atoms with Crippen LogP contribution in [0, 0.1) is 13.8 Å². The molecule has 0 aliphatic rings. The summed E-state index contributed by atoms with van der Waals surface area (Å²) < 4.78 is 6.20. The van der Waals surface area contributed by atoms with E-state index in [4.69, 9.17) is 4.74 Å². The molecular weight excluding hydrogens is 316 g/mol. The third-order valence-corrected chi connectivity index (χ3v) is 2.92. The zero-order valence-electron chi connectivity index (χ0n) is 13.6. The van der Waals surface area contributed by atoms with E-state index in [2.05, 4.69) is 20.4 Å². The van der Waals surface area contributed by atoms with E-state index in [1.165, 1.54) is 4.52 Å². The Kier molecular flexibility index (Phi) is 5.40. The van der Waals surface area contributed by atoms with Gasteiger partial charge in [0.2, 0.25) is 0 Å². The van der Waals surface area contributed by atoms with Crippen LogP contribution in [0.3, 0.4) is 0 Å². The quantitative estimate of drug-likeness (QED) is 0.744. The van der Waals surface area contributed by atoms with E-state index >= 15 is 0 Å². The van der Waals surface area contributed by atoms with Crippen LogP contribution in [0.2, 0.25) is 0 Å². The van der Waals surface area contributed by atoms with E-state index in [9.17, 15) is 14.4 Å². The number of carbonyl (C=O) groups excluding carboxylic acids is 3. The van der Waals surface area contributed by atoms with Gasteiger partial charge in [-0.1, -0.05) is 6.92 Å². The van der Waals surface area contributed by atoms with Crippen molar-refractivity contribution in [2.45, 2.75) is 27.2 Å². The summed E-state index contributed by atoms with van der Waals surface area (Å²) in [5.74, 6) is -1.56. The second-order valence-electron chi connectivity index (χ2n) is 5.07. The summed E-state index contributed by atoms with van der Waals surface area (Å²) in [5, 5.41) is 8.49. The predicted octanol–water partition coefficient (Wildman–Crippen LogP) is 0.134. The fourth-order valence-corrected chi connectivity index (χ4v) is 1.89. The van der Waals surface area contributed by atoms with Gasteiger partial charge in [0.05, 0.1) is 0 Å². The number of ether oxygens (including phenoxy) is 1. The molecule has 10 nitrogen and oxygen atoms in total. The molecule has 0 fully saturated rings. The molecule has 0 aliphatic carbocycles. The Morgan fingerprint density at radius 1 is 1.25 bits per heavy atom. The number of nitrogens with zero attached hydrogens (tertiary/aromatic N) is 4. The lowest BCUT2D eigenvalue weighted by Crippen LogP contribution is -2.41. The number of aromatic nitrogens is 4. The van der Waals surface area contributed by atoms with Crippen LogP contribution in [-0.4, -0.2) is 50.6 Å². The first-order valence-electron chi connectivity index (χ1n) is 7.36. The summed E-state index contributed by atoms with van der Waals surface area (Å²) in [6.45, 7) is 5.31. The van der Waals surface area contributed by atoms with Gasteiger partial charge >= 0.3 is 12.0 Å². The number of carbonyl (C=O) groups is 3. The maximum atomic E-state index is 11.9. The van der Waals surface area contributed by atoms with Crippen molar-refractivity contribution in [1.29, 1.82) is 0 Å². The van der Waals surface area contributed by atoms with E-state index in [1.807, 2.05) is 12.2 Å². The molecule has 2 N–H and O–H groups in total. The standard InChI is InChI=1S/C14H18N6O4/c1-4-5-15-14(23)17-10(21)7-24-12(22)11-18-13-16-8(2)6-9(3)20(13)19-11/h6H,4-5,7H2,1-3H3,(H2,15,17,21,23). The Hall–Kier alpha value is -3.04. The molecule has 0 radical (unpaired) electrons. The molecule has 0 saturated heterocycles. The number of urea groups is 1. The number of hydrogen-bond donors (Lipinski definition) is 2. The van der Waals surface area contributed by atoms with Gasteiger partial charge in [-0.3, -0.25) is 10.1 Å². The first kappa shape index (κ1) is 17.3. The Balaban J connectivity index is 1.94. The lowest BCUT2D eigenvalue weighted by atomic mass is 10.4. The molecule has 10 heteroatoms. The number of fused-ring (bicyclic) bond motifs is 1. The zero-order chi connectivity index (χ0) is 17.7. The van der Waals surface area contributed by atoms with Crippen LogP contribution in [0.25, 0.3) is 5.78 Å². The van der Waals surface area contributed by atoms with Crippen LogP contribution >= 0.6 is 0 Å². The fraction of sp³-hybridized carbons (Fsp3) is 0.429. The van der Waals surface area contributed by atoms with E-state index < -0.39 is 24.5 Å². The molecule has 0 bridgehead atoms. The Labute approximate surface area is 137 Å². The Bertz CT molecular complexity index is 785. The number of hydrogen-bond acceptors (Lipinski definition) is 7. The highest BCUT2D eigenvalue weighted by molar-refractivity contribution is 5.96. The van der Waals surface area contributed by atoms with Gasteiger partial charge in [-0.05, 0) is 26.3 Å². The van der Waals surface area contributed by atoms with E-state index in [1.54, 1.807) is 19.9 Å². The van der Waals surface area contributed by atoms with Crippen LogP contribution in [0.15, 0.2) is 6.07 Å². The van der Waals surface area contributed by atoms with Crippen molar-refractivity contribution in [3.05, 3.63) is 23.3 Å². The molecule has 2 rings (SSSR count). The molecule has 2 aromatic rings. The molecule has 0 aliphatic heterocycles. The SMILES string of the molecule is CCCNC(=O)NC(=O)COC(=O)c1nc2nc(C)cc(C)n2n1. The van der Waals surface area contributed by atoms with Gasteiger partial charge in [-0.15, -0.1) is 5.10 Å². The van der Waals surface area contributed by atoms with Crippen molar-refractivity contribution < 1.29 is 19.1 Å². The molecule has 24 heavy (non-hydrogen) atoms. The predicted molar refractivity (Wildman–Crippen MR) is 82.4 cm³/mol. The third-order valence-electron chi connectivity index (χ3n) is 2.92. The average Bonchev–Trinajstić information content (AvgIpc) is 2.95. The van der Waals surface area contributed by atoms with Crippen molar-refractivity contribution in [1.82, 2.24) is 30.2 Å². The number of aryl methyl sites for hydroxylation is 2. The minimum Gasteiger partial charge on any atom is -0.450 e. The van der Waals surface area contributed by atoms with Gasteiger partial charge in [0.25, 0.3) is 17.5 Å². The topological polar surface area (TPSA) is 128 Å². The van der Waals surface area contributed by atoms with E-state index in [0.29, 0.717) is 6.54 Å². The minimum atomic E-state index is -0.873. The number of nitrogens with one attached hydrogen (secondary N) is 2. The van der Waals surface area contributed by atoms with Crippen LogP contribution in [-0.2, 0) is 9.53 Å². The fourth-order valence-electron chi connectivity index (χ4n) is 1.89. The lowest BCUT2D eigenvalue weighted by Gasteiger charge is -2.05. The molecule has 0 spiro atoms. The number of imide groups is 1. The monoisotopic (exact) mass is 334 g/mol. The number of rotatable bonds is 5. The van der Waals surface area contributed by atoms with Crippen LogP contribution in [0.5, 0.6) is 0 Å². The third kappa shape index (κ3) is 4.24. The number of amides is 3. The summed E-state index contributed by atoms with van der Waals surface area (Å²) >= 11 is 0. The summed E-state index contributed by atoms with van der Waals surface area (Å²) in [6.07, 6.45) is 0.739. The maximum Gasteiger partial charge on any atom is 0.378 e. The van der Waals surface area contributed by atoms with Gasteiger partial charge in [-0.25, -0.2) is 19.1 Å². The summed E-state index contributed by atoms with van der Waals surface area (Å²) in [5.41, 5.74) is 1.50. The van der Waals surface area contributed by atoms with Crippen LogP contribution in [0.4, 0.5) is 4.79 Å². The van der Waals surface area contributed by atoms with E-state index in [-0.39, 0.29) is 11.6 Å². The highest BCUT2D eigenvalue weighted by Gasteiger charge is 2.18. The van der Waals surface area contributed by atoms with Crippen LogP contribution in [0.1, 0.15) is 35.4 Å². The highest BCUT2D eigenvalue weighted by Crippen LogP contribution is 2.06. The second kappa shape index (κ2) is 7.49. The maximum absolute atomic E-state index is 11.9. The minimum absolute atomic E-state index is 0.209. The Morgan fingerprint density at radius 2 is 2.00 bits per heavy atom. The molecule has 0 saturated carbocycles. The molecule has 128 valence electrons. The van der Waals surface area contributed by atoms with Crippen LogP contribution < -0.4 is 10.6 Å². The summed E-state index contributed by atoms with van der Waals surface area (Å²) in [6, 6.07) is 1.15. The molecule has 2 aromatic heterocycles. The van der Waals surface area contributed by atoms with Crippen molar-refractivity contribution >= 4 is 23.7 Å². The molecule has 3 amide bonds. The molecule has 2 heterocycles. The first-order valence-corrected chi connectivity index (χ1v) is 7.36. The first-order chi connectivity index (χ1) is 11.4. The van der Waals surface area contributed by atoms with Gasteiger partial charge in [0.15, 0.2) is 6.61 Å². The Morgan fingerprint density at radius 3 is 2.71 bits per heavy atom.